The van der Waals surface area contributed by atoms with E-state index in [1.165, 1.54) is 16.8 Å². The van der Waals surface area contributed by atoms with E-state index in [0.717, 1.165) is 28.2 Å². The van der Waals surface area contributed by atoms with Crippen molar-refractivity contribution in [2.24, 2.45) is 0 Å². The number of hydrogen-bond donors (Lipinski definition) is 4. The predicted octanol–water partition coefficient (Wildman–Crippen LogP) is 5.05. The molecule has 1 aliphatic carbocycles. The normalized spacial score (nSPS) is 21.5. The molecule has 0 bridgehead atoms. The number of benzene rings is 2. The average Bonchev–Trinajstić information content (AvgIpc) is 3.20. The Morgan fingerprint density at radius 2 is 1.54 bits per heavy atom. The molecule has 132 valence electrons. The molecule has 4 aromatic rings. The van der Waals surface area contributed by atoms with Gasteiger partial charge in [-0.15, -0.1) is 0 Å². The number of phenolic OH excluding ortho intramolecular Hbond substituents is 2. The molecule has 1 unspecified atom stereocenters. The van der Waals surface area contributed by atoms with Gasteiger partial charge in [-0.05, 0) is 66.3 Å². The van der Waals surface area contributed by atoms with Crippen LogP contribution in [0.4, 0.5) is 0 Å². The van der Waals surface area contributed by atoms with Gasteiger partial charge in [-0.25, -0.2) is 0 Å². The summed E-state index contributed by atoms with van der Waals surface area (Å²) >= 11 is 0. The number of fused-ring (bicyclic) bond motifs is 4. The second-order valence-electron chi connectivity index (χ2n) is 8.43. The van der Waals surface area contributed by atoms with Gasteiger partial charge in [0, 0.05) is 39.1 Å². The first-order chi connectivity index (χ1) is 12.3. The van der Waals surface area contributed by atoms with Crippen molar-refractivity contribution in [3.8, 4) is 11.5 Å². The number of hydrogen-bond acceptors (Lipinski definition) is 2. The van der Waals surface area contributed by atoms with E-state index < -0.39 is 0 Å². The highest BCUT2D eigenvalue weighted by Gasteiger charge is 2.49. The molecule has 0 aliphatic heterocycles. The fourth-order valence-electron chi connectivity index (χ4n) is 5.15. The van der Waals surface area contributed by atoms with Crippen molar-refractivity contribution in [3.63, 3.8) is 0 Å². The number of phenols is 2. The predicted molar refractivity (Wildman–Crippen MR) is 104 cm³/mol. The van der Waals surface area contributed by atoms with Crippen LogP contribution in [0.1, 0.15) is 44.0 Å². The van der Waals surface area contributed by atoms with Crippen molar-refractivity contribution in [1.82, 2.24) is 9.97 Å². The molecular weight excluding hydrogens is 324 g/mol. The van der Waals surface area contributed by atoms with Crippen LogP contribution >= 0.6 is 0 Å². The molecule has 0 radical (unpaired) electrons. The van der Waals surface area contributed by atoms with E-state index in [4.69, 9.17) is 0 Å². The number of rotatable bonds is 1. The van der Waals surface area contributed by atoms with Crippen molar-refractivity contribution in [2.45, 2.75) is 38.0 Å². The molecule has 0 saturated carbocycles. The maximum Gasteiger partial charge on any atom is 0.116 e. The molecular formula is C22H22N2O2. The summed E-state index contributed by atoms with van der Waals surface area (Å²) in [6, 6.07) is 11.0. The summed E-state index contributed by atoms with van der Waals surface area (Å²) in [5.74, 6) is 0.571. The molecule has 0 spiro atoms. The Kier molecular flexibility index (Phi) is 2.74. The molecule has 5 rings (SSSR count). The van der Waals surface area contributed by atoms with Crippen LogP contribution in [0.15, 0.2) is 42.6 Å². The first-order valence-corrected chi connectivity index (χ1v) is 8.96. The van der Waals surface area contributed by atoms with Gasteiger partial charge in [0.25, 0.3) is 0 Å². The largest absolute Gasteiger partial charge is 0.508 e. The molecule has 0 fully saturated rings. The number of H-pyrrole nitrogens is 2. The van der Waals surface area contributed by atoms with Crippen molar-refractivity contribution in [1.29, 1.82) is 0 Å². The smallest absolute Gasteiger partial charge is 0.116 e. The van der Waals surface area contributed by atoms with Crippen molar-refractivity contribution in [2.75, 3.05) is 0 Å². The summed E-state index contributed by atoms with van der Waals surface area (Å²) in [7, 11) is 0. The Bertz CT molecular complexity index is 1180. The zero-order valence-electron chi connectivity index (χ0n) is 15.1. The van der Waals surface area contributed by atoms with Crippen LogP contribution in [-0.2, 0) is 10.8 Å². The Morgan fingerprint density at radius 1 is 0.885 bits per heavy atom. The van der Waals surface area contributed by atoms with E-state index in [1.807, 2.05) is 24.3 Å². The highest BCUT2D eigenvalue weighted by molar-refractivity contribution is 5.91. The number of aromatic nitrogens is 2. The molecule has 0 saturated heterocycles. The summed E-state index contributed by atoms with van der Waals surface area (Å²) in [6.45, 7) is 6.80. The summed E-state index contributed by atoms with van der Waals surface area (Å²) in [5, 5.41) is 22.1. The van der Waals surface area contributed by atoms with Gasteiger partial charge < -0.3 is 20.2 Å². The van der Waals surface area contributed by atoms with Gasteiger partial charge in [0.05, 0.1) is 0 Å². The van der Waals surface area contributed by atoms with Crippen LogP contribution in [0.25, 0.3) is 21.8 Å². The molecule has 2 heterocycles. The molecule has 4 heteroatoms. The van der Waals surface area contributed by atoms with Gasteiger partial charge in [0.1, 0.15) is 11.5 Å². The third kappa shape index (κ3) is 1.84. The first-order valence-electron chi connectivity index (χ1n) is 8.96. The van der Waals surface area contributed by atoms with Gasteiger partial charge in [-0.3, -0.25) is 0 Å². The van der Waals surface area contributed by atoms with E-state index in [1.54, 1.807) is 12.1 Å². The van der Waals surface area contributed by atoms with Crippen LogP contribution in [0.5, 0.6) is 11.5 Å². The quantitative estimate of drug-likeness (QED) is 0.389. The van der Waals surface area contributed by atoms with E-state index in [-0.39, 0.29) is 16.6 Å². The van der Waals surface area contributed by atoms with Crippen LogP contribution < -0.4 is 0 Å². The Morgan fingerprint density at radius 3 is 2.27 bits per heavy atom. The number of nitrogens with one attached hydrogen (secondary N) is 2. The van der Waals surface area contributed by atoms with Gasteiger partial charge >= 0.3 is 0 Å². The van der Waals surface area contributed by atoms with Crippen LogP contribution in [0.2, 0.25) is 0 Å². The lowest BCUT2D eigenvalue weighted by atomic mass is 9.75. The Hall–Kier alpha value is -2.88. The second kappa shape index (κ2) is 4.64. The van der Waals surface area contributed by atoms with Gasteiger partial charge in [0.15, 0.2) is 0 Å². The summed E-state index contributed by atoms with van der Waals surface area (Å²) in [6.07, 6.45) is 3.02. The lowest BCUT2D eigenvalue weighted by Crippen LogP contribution is -2.24. The summed E-state index contributed by atoms with van der Waals surface area (Å²) in [4.78, 5) is 6.98. The molecule has 1 atom stereocenters. The number of aromatic hydroxyl groups is 2. The molecule has 2 aromatic heterocycles. The fourth-order valence-corrected chi connectivity index (χ4v) is 5.15. The maximum absolute atomic E-state index is 9.99. The summed E-state index contributed by atoms with van der Waals surface area (Å²) < 4.78 is 0. The summed E-state index contributed by atoms with van der Waals surface area (Å²) in [5.41, 5.74) is 5.50. The van der Waals surface area contributed by atoms with Crippen molar-refractivity contribution < 1.29 is 10.2 Å². The molecule has 26 heavy (non-hydrogen) atoms. The van der Waals surface area contributed by atoms with Crippen LogP contribution in [-0.4, -0.2) is 20.2 Å². The highest BCUT2D eigenvalue weighted by atomic mass is 16.3. The fraction of sp³-hybridized carbons (Fsp3) is 0.273. The Balaban J connectivity index is 1.84. The topological polar surface area (TPSA) is 72.0 Å². The lowest BCUT2D eigenvalue weighted by Gasteiger charge is -2.28. The lowest BCUT2D eigenvalue weighted by molar-refractivity contribution is 0.424. The van der Waals surface area contributed by atoms with E-state index in [9.17, 15) is 10.2 Å². The van der Waals surface area contributed by atoms with Gasteiger partial charge in [-0.1, -0.05) is 13.8 Å². The van der Waals surface area contributed by atoms with Crippen molar-refractivity contribution >= 4 is 21.8 Å². The SMILES string of the molecule is CC1(C)CC(C)(c2c[nH]c3ccc(O)cc23)c2[nH]c3ccc(O)cc3c21. The standard InChI is InChI=1S/C22H22N2O2/c1-21(2)11-22(3,16-10-23-17-6-4-12(25)8-14(16)17)20-19(21)15-9-13(26)5-7-18(15)24-20/h4-10,23-26H,11H2,1-3H3. The van der Waals surface area contributed by atoms with E-state index in [2.05, 4.69) is 36.9 Å². The third-order valence-corrected chi connectivity index (χ3v) is 6.07. The molecule has 4 N–H and O–H groups in total. The van der Waals surface area contributed by atoms with Gasteiger partial charge in [-0.2, -0.15) is 0 Å². The molecule has 0 amide bonds. The second-order valence-corrected chi connectivity index (χ2v) is 8.43. The minimum Gasteiger partial charge on any atom is -0.508 e. The maximum atomic E-state index is 9.99. The molecule has 4 nitrogen and oxygen atoms in total. The minimum atomic E-state index is -0.209. The van der Waals surface area contributed by atoms with Gasteiger partial charge in [0.2, 0.25) is 0 Å². The van der Waals surface area contributed by atoms with E-state index >= 15 is 0 Å². The highest BCUT2D eigenvalue weighted by Crippen LogP contribution is 2.56. The molecule has 1 aliphatic rings. The average molecular weight is 346 g/mol. The molecule has 2 aromatic carbocycles. The Labute approximate surface area is 151 Å². The zero-order chi connectivity index (χ0) is 18.3. The van der Waals surface area contributed by atoms with Crippen molar-refractivity contribution in [3.05, 3.63) is 59.4 Å². The van der Waals surface area contributed by atoms with Crippen LogP contribution in [0, 0.1) is 0 Å². The zero-order valence-corrected chi connectivity index (χ0v) is 15.1. The first kappa shape index (κ1) is 15.4. The third-order valence-electron chi connectivity index (χ3n) is 6.07. The monoisotopic (exact) mass is 346 g/mol. The minimum absolute atomic E-state index is 0.0312. The van der Waals surface area contributed by atoms with E-state index in [0.29, 0.717) is 5.75 Å². The number of aromatic amines is 2. The van der Waals surface area contributed by atoms with Crippen LogP contribution in [0.3, 0.4) is 0 Å².